The summed E-state index contributed by atoms with van der Waals surface area (Å²) in [5.74, 6) is 1.04. The molecule has 2 saturated carbocycles. The Morgan fingerprint density at radius 2 is 1.96 bits per heavy atom. The van der Waals surface area contributed by atoms with Crippen molar-refractivity contribution in [1.29, 1.82) is 0 Å². The Labute approximate surface area is 140 Å². The topological polar surface area (TPSA) is 87.7 Å². The van der Waals surface area contributed by atoms with Crippen LogP contribution in [0.2, 0.25) is 0 Å². The zero-order valence-electron chi connectivity index (χ0n) is 14.5. The molecule has 0 saturated heterocycles. The van der Waals surface area contributed by atoms with Gasteiger partial charge in [0.25, 0.3) is 0 Å². The summed E-state index contributed by atoms with van der Waals surface area (Å²) in [6.07, 6.45) is 12.8. The highest BCUT2D eigenvalue weighted by atomic mass is 16.4. The van der Waals surface area contributed by atoms with Crippen molar-refractivity contribution in [2.75, 3.05) is 7.05 Å². The number of rotatable bonds is 6. The van der Waals surface area contributed by atoms with Gasteiger partial charge in [0.15, 0.2) is 0 Å². The van der Waals surface area contributed by atoms with Crippen LogP contribution >= 0.6 is 0 Å². The molecule has 0 spiro atoms. The summed E-state index contributed by atoms with van der Waals surface area (Å²) in [5, 5.41) is 15.2. The molecule has 5 nitrogen and oxygen atoms in total. The van der Waals surface area contributed by atoms with Gasteiger partial charge in [-0.25, -0.2) is 0 Å². The van der Waals surface area contributed by atoms with Gasteiger partial charge in [0.1, 0.15) is 0 Å². The van der Waals surface area contributed by atoms with Gasteiger partial charge < -0.3 is 16.3 Å². The van der Waals surface area contributed by atoms with Crippen LogP contribution in [0.1, 0.15) is 77.0 Å². The monoisotopic (exact) mass is 323 g/mol. The summed E-state index contributed by atoms with van der Waals surface area (Å²) in [6.45, 7) is 0. The predicted molar refractivity (Wildman–Crippen MR) is 92.6 cm³/mol. The third kappa shape index (κ3) is 5.20. The molecule has 0 aromatic rings. The number of nitrogens with one attached hydrogen (secondary N) is 1. The highest BCUT2D eigenvalue weighted by molar-refractivity contribution is 5.87. The second-order valence-corrected chi connectivity index (χ2v) is 7.61. The zero-order chi connectivity index (χ0) is 16.7. The maximum Gasteiger partial charge on any atom is 0.239 e. The van der Waals surface area contributed by atoms with Crippen molar-refractivity contribution in [3.63, 3.8) is 0 Å². The lowest BCUT2D eigenvalue weighted by Gasteiger charge is -2.35. The van der Waals surface area contributed by atoms with Gasteiger partial charge in [-0.1, -0.05) is 37.3 Å². The van der Waals surface area contributed by atoms with Gasteiger partial charge in [-0.2, -0.15) is 0 Å². The molecule has 0 aliphatic heterocycles. The first-order chi connectivity index (χ1) is 11.1. The lowest BCUT2D eigenvalue weighted by Crippen LogP contribution is -2.54. The molecule has 4 N–H and O–H groups in total. The number of nitrogens with two attached hydrogens (primary N) is 1. The van der Waals surface area contributed by atoms with Gasteiger partial charge in [0.2, 0.25) is 5.91 Å². The normalized spacial score (nSPS) is 27.6. The number of nitrogens with zero attached hydrogens (tertiary/aromatic N) is 1. The van der Waals surface area contributed by atoms with Crippen LogP contribution in [0.4, 0.5) is 0 Å². The minimum atomic E-state index is -0.783. The molecule has 0 unspecified atom stereocenters. The second kappa shape index (κ2) is 8.67. The fourth-order valence-corrected chi connectivity index (χ4v) is 4.41. The molecule has 132 valence electrons. The Bertz CT molecular complexity index is 418. The molecule has 0 aromatic carbocycles. The van der Waals surface area contributed by atoms with Crippen molar-refractivity contribution in [3.05, 3.63) is 0 Å². The molecule has 23 heavy (non-hydrogen) atoms. The zero-order valence-corrected chi connectivity index (χ0v) is 14.5. The van der Waals surface area contributed by atoms with Crippen LogP contribution in [0.15, 0.2) is 5.16 Å². The van der Waals surface area contributed by atoms with Crippen molar-refractivity contribution in [2.45, 2.75) is 82.6 Å². The molecule has 2 aliphatic carbocycles. The standard InChI is InChI=1S/C18H33N3O2/c1-20-17(22)18(19,11-10-14-6-3-2-4-7-14)13-15-8-5-9-16(12-15)21-23/h14-15,23H,2-13,19H2,1H3,(H,20,22)/b21-16-/t15-,18-/m1/s1. The smallest absolute Gasteiger partial charge is 0.239 e. The first kappa shape index (κ1) is 18.2. The van der Waals surface area contributed by atoms with E-state index in [-0.39, 0.29) is 5.91 Å². The van der Waals surface area contributed by atoms with Gasteiger partial charge in [-0.15, -0.1) is 0 Å². The molecule has 1 amide bonds. The maximum atomic E-state index is 12.4. The molecule has 2 aliphatic rings. The summed E-state index contributed by atoms with van der Waals surface area (Å²) < 4.78 is 0. The predicted octanol–water partition coefficient (Wildman–Crippen LogP) is 3.20. The third-order valence-corrected chi connectivity index (χ3v) is 5.80. The van der Waals surface area contributed by atoms with Crippen LogP contribution in [0, 0.1) is 11.8 Å². The van der Waals surface area contributed by atoms with Crippen molar-refractivity contribution in [3.8, 4) is 0 Å². The van der Waals surface area contributed by atoms with E-state index in [1.54, 1.807) is 7.05 Å². The van der Waals surface area contributed by atoms with Crippen LogP contribution in [-0.4, -0.2) is 29.4 Å². The van der Waals surface area contributed by atoms with Gasteiger partial charge >= 0.3 is 0 Å². The van der Waals surface area contributed by atoms with Gasteiger partial charge in [-0.05, 0) is 56.8 Å². The molecule has 2 fully saturated rings. The molecule has 0 radical (unpaired) electrons. The summed E-state index contributed by atoms with van der Waals surface area (Å²) in [5.41, 5.74) is 6.64. The maximum absolute atomic E-state index is 12.4. The molecule has 0 aromatic heterocycles. The summed E-state index contributed by atoms with van der Waals surface area (Å²) >= 11 is 0. The Balaban J connectivity index is 1.95. The van der Waals surface area contributed by atoms with Gasteiger partial charge in [0, 0.05) is 7.05 Å². The number of hydrogen-bond donors (Lipinski definition) is 3. The minimum Gasteiger partial charge on any atom is -0.411 e. The number of hydrogen-bond acceptors (Lipinski definition) is 4. The summed E-state index contributed by atoms with van der Waals surface area (Å²) in [6, 6.07) is 0. The molecule has 2 atom stereocenters. The second-order valence-electron chi connectivity index (χ2n) is 7.61. The van der Waals surface area contributed by atoms with Crippen LogP contribution in [0.25, 0.3) is 0 Å². The molecular weight excluding hydrogens is 290 g/mol. The number of likely N-dealkylation sites (N-methyl/N-ethyl adjacent to an activating group) is 1. The highest BCUT2D eigenvalue weighted by Crippen LogP contribution is 2.34. The molecule has 0 bridgehead atoms. The number of carbonyl (C=O) groups excluding carboxylic acids is 1. The van der Waals surface area contributed by atoms with Crippen LogP contribution < -0.4 is 11.1 Å². The van der Waals surface area contributed by atoms with Crippen LogP contribution in [0.5, 0.6) is 0 Å². The third-order valence-electron chi connectivity index (χ3n) is 5.80. The van der Waals surface area contributed by atoms with Crippen molar-refractivity contribution < 1.29 is 10.0 Å². The van der Waals surface area contributed by atoms with E-state index in [9.17, 15) is 4.79 Å². The van der Waals surface area contributed by atoms with E-state index in [2.05, 4.69) is 10.5 Å². The lowest BCUT2D eigenvalue weighted by atomic mass is 9.75. The fourth-order valence-electron chi connectivity index (χ4n) is 4.41. The van der Waals surface area contributed by atoms with Crippen molar-refractivity contribution in [2.24, 2.45) is 22.7 Å². The molecule has 0 heterocycles. The molecule has 5 heteroatoms. The lowest BCUT2D eigenvalue weighted by molar-refractivity contribution is -0.127. The summed E-state index contributed by atoms with van der Waals surface area (Å²) in [4.78, 5) is 12.4. The SMILES string of the molecule is CNC(=O)[C@@](N)(CCC1CCCCC1)C[C@@H]1CCC/C(=N/O)C1. The van der Waals surface area contributed by atoms with Crippen LogP contribution in [0.3, 0.4) is 0 Å². The van der Waals surface area contributed by atoms with E-state index in [0.717, 1.165) is 50.2 Å². The van der Waals surface area contributed by atoms with E-state index in [1.807, 2.05) is 0 Å². The first-order valence-corrected chi connectivity index (χ1v) is 9.28. The van der Waals surface area contributed by atoms with Crippen molar-refractivity contribution in [1.82, 2.24) is 5.32 Å². The van der Waals surface area contributed by atoms with E-state index >= 15 is 0 Å². The largest absolute Gasteiger partial charge is 0.411 e. The quantitative estimate of drug-likeness (QED) is 0.518. The average Bonchev–Trinajstić information content (AvgIpc) is 2.60. The Morgan fingerprint density at radius 3 is 2.61 bits per heavy atom. The minimum absolute atomic E-state index is 0.0404. The Kier molecular flexibility index (Phi) is 6.88. The summed E-state index contributed by atoms with van der Waals surface area (Å²) in [7, 11) is 1.67. The number of oxime groups is 1. The van der Waals surface area contributed by atoms with Gasteiger partial charge in [0.05, 0.1) is 11.3 Å². The van der Waals surface area contributed by atoms with Crippen molar-refractivity contribution >= 4 is 11.6 Å². The van der Waals surface area contributed by atoms with Gasteiger partial charge in [-0.3, -0.25) is 4.79 Å². The van der Waals surface area contributed by atoms with E-state index in [4.69, 9.17) is 10.9 Å². The molecular formula is C18H33N3O2. The number of carbonyl (C=O) groups is 1. The van der Waals surface area contributed by atoms with E-state index in [1.165, 1.54) is 32.1 Å². The average molecular weight is 323 g/mol. The molecule has 2 rings (SSSR count). The Morgan fingerprint density at radius 1 is 1.26 bits per heavy atom. The fraction of sp³-hybridized carbons (Fsp3) is 0.889. The number of amides is 1. The van der Waals surface area contributed by atoms with Crippen LogP contribution in [-0.2, 0) is 4.79 Å². The van der Waals surface area contributed by atoms with E-state index in [0.29, 0.717) is 12.3 Å². The Hall–Kier alpha value is -1.10. The highest BCUT2D eigenvalue weighted by Gasteiger charge is 2.37. The van der Waals surface area contributed by atoms with E-state index < -0.39 is 5.54 Å². The first-order valence-electron chi connectivity index (χ1n) is 9.28.